The number of pyridine rings is 1. The summed E-state index contributed by atoms with van der Waals surface area (Å²) in [4.78, 5) is 30.0. The van der Waals surface area contributed by atoms with E-state index in [9.17, 15) is 9.59 Å². The lowest BCUT2D eigenvalue weighted by Gasteiger charge is -2.27. The van der Waals surface area contributed by atoms with Crippen molar-refractivity contribution < 1.29 is 19.1 Å². The lowest BCUT2D eigenvalue weighted by Crippen LogP contribution is -2.46. The first-order valence-corrected chi connectivity index (χ1v) is 6.96. The number of esters is 1. The van der Waals surface area contributed by atoms with Crippen molar-refractivity contribution in [2.24, 2.45) is 0 Å². The van der Waals surface area contributed by atoms with Gasteiger partial charge in [-0.15, -0.1) is 0 Å². The number of fused-ring (bicyclic) bond motifs is 1. The van der Waals surface area contributed by atoms with E-state index in [2.05, 4.69) is 4.98 Å². The molecule has 0 radical (unpaired) electrons. The van der Waals surface area contributed by atoms with Crippen molar-refractivity contribution in [3.05, 3.63) is 23.9 Å². The maximum Gasteiger partial charge on any atom is 0.416 e. The highest BCUT2D eigenvalue weighted by Crippen LogP contribution is 2.31. The highest BCUT2D eigenvalue weighted by atomic mass is 16.6. The van der Waals surface area contributed by atoms with Crippen molar-refractivity contribution in [1.82, 2.24) is 4.98 Å². The highest BCUT2D eigenvalue weighted by molar-refractivity contribution is 5.98. The zero-order chi connectivity index (χ0) is 15.6. The molecule has 1 aliphatic rings. The van der Waals surface area contributed by atoms with E-state index in [0.29, 0.717) is 12.2 Å². The Kier molecular flexibility index (Phi) is 4.16. The molecule has 6 nitrogen and oxygen atoms in total. The van der Waals surface area contributed by atoms with Gasteiger partial charge in [-0.25, -0.2) is 19.5 Å². The Morgan fingerprint density at radius 1 is 1.43 bits per heavy atom. The number of anilines is 1. The summed E-state index contributed by atoms with van der Waals surface area (Å²) in [7, 11) is 0. The third kappa shape index (κ3) is 3.32. The number of hydrogen-bond donors (Lipinski definition) is 0. The molecule has 0 saturated heterocycles. The Morgan fingerprint density at radius 3 is 2.76 bits per heavy atom. The van der Waals surface area contributed by atoms with Crippen LogP contribution in [0.1, 0.15) is 33.3 Å². The molecule has 1 unspecified atom stereocenters. The van der Waals surface area contributed by atoms with E-state index < -0.39 is 23.7 Å². The number of carbonyl (C=O) groups excluding carboxylic acids is 2. The molecule has 6 heteroatoms. The molecule has 2 heterocycles. The molecule has 0 saturated carbocycles. The number of ether oxygens (including phenoxy) is 2. The zero-order valence-corrected chi connectivity index (χ0v) is 12.8. The molecular formula is C15H20N2O4. The van der Waals surface area contributed by atoms with Crippen molar-refractivity contribution in [3.8, 4) is 0 Å². The molecule has 2 rings (SSSR count). The molecule has 0 fully saturated rings. The van der Waals surface area contributed by atoms with Crippen LogP contribution < -0.4 is 4.90 Å². The molecule has 1 amide bonds. The van der Waals surface area contributed by atoms with Gasteiger partial charge in [-0.05, 0) is 39.3 Å². The number of amides is 1. The van der Waals surface area contributed by atoms with Crippen LogP contribution >= 0.6 is 0 Å². The molecule has 0 spiro atoms. The second kappa shape index (κ2) is 5.71. The van der Waals surface area contributed by atoms with Gasteiger partial charge in [-0.1, -0.05) is 6.07 Å². The van der Waals surface area contributed by atoms with Crippen LogP contribution in [0.5, 0.6) is 0 Å². The number of aromatic nitrogens is 1. The van der Waals surface area contributed by atoms with E-state index in [1.807, 2.05) is 6.07 Å². The van der Waals surface area contributed by atoms with Crippen LogP contribution in [0, 0.1) is 0 Å². The van der Waals surface area contributed by atoms with Gasteiger partial charge < -0.3 is 9.47 Å². The summed E-state index contributed by atoms with van der Waals surface area (Å²) in [5.74, 6) is 0.0196. The van der Waals surface area contributed by atoms with Gasteiger partial charge in [-0.2, -0.15) is 0 Å². The van der Waals surface area contributed by atoms with Gasteiger partial charge in [0.25, 0.3) is 0 Å². The molecular weight excluding hydrogens is 272 g/mol. The Morgan fingerprint density at radius 2 is 2.14 bits per heavy atom. The van der Waals surface area contributed by atoms with Crippen molar-refractivity contribution >= 4 is 17.9 Å². The van der Waals surface area contributed by atoms with Crippen LogP contribution in [-0.2, 0) is 20.7 Å². The average Bonchev–Trinajstić information content (AvgIpc) is 2.76. The number of rotatable bonds is 2. The van der Waals surface area contributed by atoms with Gasteiger partial charge in [0.15, 0.2) is 0 Å². The lowest BCUT2D eigenvalue weighted by atomic mass is 10.1. The Balaban J connectivity index is 2.31. The lowest BCUT2D eigenvalue weighted by molar-refractivity contribution is -0.144. The molecule has 1 aromatic heterocycles. The van der Waals surface area contributed by atoms with Gasteiger partial charge >= 0.3 is 12.1 Å². The minimum Gasteiger partial charge on any atom is -0.464 e. The minimum atomic E-state index is -0.718. The molecule has 1 aromatic rings. The first kappa shape index (κ1) is 15.3. The van der Waals surface area contributed by atoms with Gasteiger partial charge in [-0.3, -0.25) is 0 Å². The van der Waals surface area contributed by atoms with Crippen LogP contribution in [0.25, 0.3) is 0 Å². The number of carbonyl (C=O) groups is 2. The number of nitrogens with zero attached hydrogens (tertiary/aromatic N) is 2. The maximum atomic E-state index is 12.4. The zero-order valence-electron chi connectivity index (χ0n) is 12.8. The molecule has 0 aromatic carbocycles. The summed E-state index contributed by atoms with van der Waals surface area (Å²) in [5, 5.41) is 0. The smallest absolute Gasteiger partial charge is 0.416 e. The fraction of sp³-hybridized carbons (Fsp3) is 0.533. The molecule has 21 heavy (non-hydrogen) atoms. The molecule has 1 atom stereocenters. The molecule has 114 valence electrons. The summed E-state index contributed by atoms with van der Waals surface area (Å²) in [6.07, 6.45) is 1.39. The SMILES string of the molecule is CCOC(=O)C1Cc2cccnc2N1C(=O)OC(C)(C)C. The quantitative estimate of drug-likeness (QED) is 0.782. The summed E-state index contributed by atoms with van der Waals surface area (Å²) < 4.78 is 10.4. The molecule has 1 aliphatic heterocycles. The monoisotopic (exact) mass is 292 g/mol. The average molecular weight is 292 g/mol. The van der Waals surface area contributed by atoms with Crippen LogP contribution in [0.2, 0.25) is 0 Å². The summed E-state index contributed by atoms with van der Waals surface area (Å²) >= 11 is 0. The predicted octanol–water partition coefficient (Wildman–Crippen LogP) is 2.31. The van der Waals surface area contributed by atoms with Crippen molar-refractivity contribution in [2.75, 3.05) is 11.5 Å². The Hall–Kier alpha value is -2.11. The topological polar surface area (TPSA) is 68.7 Å². The summed E-state index contributed by atoms with van der Waals surface area (Å²) in [5.41, 5.74) is 0.190. The molecule has 0 bridgehead atoms. The first-order chi connectivity index (χ1) is 9.83. The van der Waals surface area contributed by atoms with Crippen LogP contribution in [0.3, 0.4) is 0 Å². The third-order valence-electron chi connectivity index (χ3n) is 2.97. The normalized spacial score (nSPS) is 17.3. The van der Waals surface area contributed by atoms with Gasteiger partial charge in [0.2, 0.25) is 0 Å². The standard InChI is InChI=1S/C15H20N2O4/c1-5-20-13(18)11-9-10-7-6-8-16-12(10)17(11)14(19)21-15(2,3)4/h6-8,11H,5,9H2,1-4H3. The van der Waals surface area contributed by atoms with E-state index in [4.69, 9.17) is 9.47 Å². The second-order valence-corrected chi connectivity index (χ2v) is 5.81. The Bertz CT molecular complexity index is 551. The van der Waals surface area contributed by atoms with Crippen LogP contribution in [0.15, 0.2) is 18.3 Å². The third-order valence-corrected chi connectivity index (χ3v) is 2.97. The van der Waals surface area contributed by atoms with Gasteiger partial charge in [0.05, 0.1) is 6.61 Å². The first-order valence-electron chi connectivity index (χ1n) is 6.96. The second-order valence-electron chi connectivity index (χ2n) is 5.81. The van der Waals surface area contributed by atoms with Crippen LogP contribution in [0.4, 0.5) is 10.6 Å². The fourth-order valence-electron chi connectivity index (χ4n) is 2.21. The summed E-state index contributed by atoms with van der Waals surface area (Å²) in [6, 6.07) is 2.91. The van der Waals surface area contributed by atoms with E-state index in [1.165, 1.54) is 4.90 Å². The largest absolute Gasteiger partial charge is 0.464 e. The van der Waals surface area contributed by atoms with E-state index in [1.54, 1.807) is 40.0 Å². The van der Waals surface area contributed by atoms with Crippen molar-refractivity contribution in [1.29, 1.82) is 0 Å². The van der Waals surface area contributed by atoms with Crippen molar-refractivity contribution in [3.63, 3.8) is 0 Å². The van der Waals surface area contributed by atoms with Gasteiger partial charge in [0, 0.05) is 12.6 Å². The highest BCUT2D eigenvalue weighted by Gasteiger charge is 2.42. The fourth-order valence-corrected chi connectivity index (χ4v) is 2.21. The maximum absolute atomic E-state index is 12.4. The van der Waals surface area contributed by atoms with Gasteiger partial charge in [0.1, 0.15) is 17.5 Å². The summed E-state index contributed by atoms with van der Waals surface area (Å²) in [6.45, 7) is 7.33. The van der Waals surface area contributed by atoms with Crippen LogP contribution in [-0.4, -0.2) is 35.3 Å². The predicted molar refractivity (Wildman–Crippen MR) is 77.1 cm³/mol. The van der Waals surface area contributed by atoms with Crippen molar-refractivity contribution in [2.45, 2.75) is 45.8 Å². The minimum absolute atomic E-state index is 0.265. The Labute approximate surface area is 124 Å². The molecule has 0 aliphatic carbocycles. The van der Waals surface area contributed by atoms with E-state index in [-0.39, 0.29) is 6.61 Å². The molecule has 0 N–H and O–H groups in total. The van der Waals surface area contributed by atoms with E-state index in [0.717, 1.165) is 5.56 Å². The van der Waals surface area contributed by atoms with E-state index >= 15 is 0 Å². The number of hydrogen-bond acceptors (Lipinski definition) is 5.